The Labute approximate surface area is 307 Å². The molecule has 51 heavy (non-hydrogen) atoms. The van der Waals surface area contributed by atoms with Crippen molar-refractivity contribution in [3.63, 3.8) is 0 Å². The summed E-state index contributed by atoms with van der Waals surface area (Å²) in [6.07, 6.45) is -0.740. The molecule has 0 radical (unpaired) electrons. The number of rotatable bonds is 14. The molecule has 1 aromatic rings. The normalized spacial score (nSPS) is 20.0. The van der Waals surface area contributed by atoms with Crippen LogP contribution in [0.3, 0.4) is 0 Å². The maximum atomic E-state index is 14.9. The Bertz CT molecular complexity index is 1430. The van der Waals surface area contributed by atoms with Crippen molar-refractivity contribution in [1.82, 2.24) is 0 Å². The quantitative estimate of drug-likeness (QED) is 0.149. The molecule has 0 aromatic heterocycles. The summed E-state index contributed by atoms with van der Waals surface area (Å²) in [6.45, 7) is 33.0. The van der Waals surface area contributed by atoms with Crippen LogP contribution in [0.2, 0.25) is 0 Å². The SMILES string of the molecule is CC(C)(C)C(C)(C(=O)OCc1ccccc1)C(C)(C)C(C)(C)C(C)(C(=O)OCCO)C(C)(C)C(C)(C)C(C)(C(=O)OC1CCOC1=O)C(C)(C)C. The van der Waals surface area contributed by atoms with E-state index in [0.29, 0.717) is 0 Å². The average molecular weight is 717 g/mol. The van der Waals surface area contributed by atoms with E-state index in [2.05, 4.69) is 0 Å². The molecule has 1 N–H and O–H groups in total. The number of hydrogen-bond donors (Lipinski definition) is 1. The van der Waals surface area contributed by atoms with Gasteiger partial charge >= 0.3 is 23.9 Å². The first kappa shape index (κ1) is 44.2. The lowest BCUT2D eigenvalue weighted by molar-refractivity contribution is -0.248. The number of esters is 4. The van der Waals surface area contributed by atoms with E-state index in [1.807, 2.05) is 148 Å². The summed E-state index contributed by atoms with van der Waals surface area (Å²) < 4.78 is 23.1. The van der Waals surface area contributed by atoms with E-state index in [-0.39, 0.29) is 32.8 Å². The lowest BCUT2D eigenvalue weighted by Crippen LogP contribution is -2.70. The Morgan fingerprint density at radius 1 is 0.647 bits per heavy atom. The molecule has 0 saturated carbocycles. The molecule has 1 aromatic carbocycles. The second-order valence-electron chi connectivity index (χ2n) is 19.1. The summed E-state index contributed by atoms with van der Waals surface area (Å²) in [5, 5.41) is 9.80. The number of cyclic esters (lactones) is 1. The van der Waals surface area contributed by atoms with Gasteiger partial charge in [0.25, 0.3) is 0 Å². The van der Waals surface area contributed by atoms with Gasteiger partial charge in [0.15, 0.2) is 0 Å². The van der Waals surface area contributed by atoms with Crippen LogP contribution >= 0.6 is 0 Å². The van der Waals surface area contributed by atoms with Crippen LogP contribution in [-0.2, 0) is 44.7 Å². The highest BCUT2D eigenvalue weighted by Gasteiger charge is 2.74. The van der Waals surface area contributed by atoms with Gasteiger partial charge in [0.05, 0.1) is 29.5 Å². The molecule has 4 atom stereocenters. The van der Waals surface area contributed by atoms with E-state index in [9.17, 15) is 24.3 Å². The Morgan fingerprint density at radius 3 is 1.45 bits per heavy atom. The summed E-state index contributed by atoms with van der Waals surface area (Å²) >= 11 is 0. The van der Waals surface area contributed by atoms with Gasteiger partial charge in [-0.2, -0.15) is 0 Å². The lowest BCUT2D eigenvalue weighted by Gasteiger charge is -2.69. The number of hydrogen-bond acceptors (Lipinski definition) is 9. The number of carbonyl (C=O) groups excluding carboxylic acids is 4. The minimum Gasteiger partial charge on any atom is -0.463 e. The highest BCUT2D eigenvalue weighted by molar-refractivity contribution is 5.85. The first-order valence-corrected chi connectivity index (χ1v) is 18.3. The molecule has 0 aliphatic carbocycles. The van der Waals surface area contributed by atoms with E-state index in [4.69, 9.17) is 18.9 Å². The molecule has 9 heteroatoms. The molecule has 4 unspecified atom stereocenters. The van der Waals surface area contributed by atoms with E-state index >= 15 is 0 Å². The standard InChI is InChI=1S/C42H68O9/c1-34(2,3)40(15,31(45)50-27-28-21-19-18-20-22-28)36(7,8)38(11,12)42(17,32(46)49-26-24-43)39(13,14)37(9,10)41(16,35(4,5)6)33(47)51-29-23-25-48-30(29)44/h18-22,29,43H,23-27H2,1-17H3. The van der Waals surface area contributed by atoms with Gasteiger partial charge in [-0.15, -0.1) is 0 Å². The van der Waals surface area contributed by atoms with Crippen LogP contribution in [0.4, 0.5) is 0 Å². The van der Waals surface area contributed by atoms with Crippen molar-refractivity contribution < 1.29 is 43.2 Å². The van der Waals surface area contributed by atoms with Crippen LogP contribution in [-0.4, -0.2) is 54.9 Å². The first-order valence-electron chi connectivity index (χ1n) is 18.3. The molecule has 1 aliphatic heterocycles. The molecular weight excluding hydrogens is 648 g/mol. The number of aliphatic hydroxyl groups excluding tert-OH is 1. The van der Waals surface area contributed by atoms with Gasteiger partial charge in [-0.05, 0) is 58.8 Å². The Kier molecular flexibility index (Phi) is 12.5. The lowest BCUT2D eigenvalue weighted by atomic mass is 9.33. The minimum atomic E-state index is -1.44. The molecule has 2 rings (SSSR count). The second kappa shape index (κ2) is 14.5. The molecule has 0 bridgehead atoms. The van der Waals surface area contributed by atoms with Crippen molar-refractivity contribution in [3.05, 3.63) is 35.9 Å². The second-order valence-corrected chi connectivity index (χ2v) is 19.1. The van der Waals surface area contributed by atoms with Crippen LogP contribution in [0.5, 0.6) is 0 Å². The van der Waals surface area contributed by atoms with Crippen molar-refractivity contribution in [1.29, 1.82) is 0 Å². The third-order valence-corrected chi connectivity index (χ3v) is 15.0. The molecule has 290 valence electrons. The van der Waals surface area contributed by atoms with E-state index in [0.717, 1.165) is 5.56 Å². The fourth-order valence-electron chi connectivity index (χ4n) is 8.77. The average Bonchev–Trinajstić information content (AvgIpc) is 3.43. The molecule has 1 saturated heterocycles. The van der Waals surface area contributed by atoms with Crippen LogP contribution in [0.1, 0.15) is 130 Å². The summed E-state index contributed by atoms with van der Waals surface area (Å²) in [4.78, 5) is 56.5. The Morgan fingerprint density at radius 2 is 1.06 bits per heavy atom. The van der Waals surface area contributed by atoms with Crippen molar-refractivity contribution >= 4 is 23.9 Å². The third kappa shape index (κ3) is 6.86. The zero-order chi connectivity index (χ0) is 39.9. The third-order valence-electron chi connectivity index (χ3n) is 15.0. The van der Waals surface area contributed by atoms with Crippen LogP contribution in [0, 0.1) is 48.7 Å². The topological polar surface area (TPSA) is 125 Å². The molecule has 1 aliphatic rings. The number of carbonyl (C=O) groups is 4. The maximum Gasteiger partial charge on any atom is 0.347 e. The largest absolute Gasteiger partial charge is 0.463 e. The van der Waals surface area contributed by atoms with E-state index < -0.39 is 78.7 Å². The predicted molar refractivity (Wildman–Crippen MR) is 198 cm³/mol. The zero-order valence-electron chi connectivity index (χ0n) is 34.7. The van der Waals surface area contributed by atoms with E-state index in [1.165, 1.54) is 0 Å². The smallest absolute Gasteiger partial charge is 0.347 e. The van der Waals surface area contributed by atoms with Crippen LogP contribution in [0.15, 0.2) is 30.3 Å². The van der Waals surface area contributed by atoms with Gasteiger partial charge in [-0.25, -0.2) is 4.79 Å². The van der Waals surface area contributed by atoms with Crippen LogP contribution in [0.25, 0.3) is 0 Å². The minimum absolute atomic E-state index is 0.0940. The monoisotopic (exact) mass is 716 g/mol. The number of ether oxygens (including phenoxy) is 4. The van der Waals surface area contributed by atoms with Gasteiger partial charge < -0.3 is 24.1 Å². The number of aliphatic hydroxyl groups is 1. The van der Waals surface area contributed by atoms with Gasteiger partial charge in [-0.1, -0.05) is 127 Å². The summed E-state index contributed by atoms with van der Waals surface area (Å²) in [7, 11) is 0. The predicted octanol–water partition coefficient (Wildman–Crippen LogP) is 8.34. The van der Waals surface area contributed by atoms with E-state index in [1.54, 1.807) is 0 Å². The van der Waals surface area contributed by atoms with Crippen molar-refractivity contribution in [2.75, 3.05) is 19.8 Å². The first-order chi connectivity index (χ1) is 22.9. The Balaban J connectivity index is 2.92. The molecule has 1 fully saturated rings. The zero-order valence-corrected chi connectivity index (χ0v) is 34.7. The Hall–Kier alpha value is -2.94. The van der Waals surface area contributed by atoms with Gasteiger partial charge in [0.1, 0.15) is 13.2 Å². The maximum absolute atomic E-state index is 14.9. The molecule has 0 amide bonds. The number of benzene rings is 1. The van der Waals surface area contributed by atoms with Gasteiger partial charge in [0, 0.05) is 6.42 Å². The van der Waals surface area contributed by atoms with Gasteiger partial charge in [0.2, 0.25) is 6.10 Å². The van der Waals surface area contributed by atoms with Gasteiger partial charge in [-0.3, -0.25) is 14.4 Å². The fourth-order valence-corrected chi connectivity index (χ4v) is 8.77. The highest BCUT2D eigenvalue weighted by atomic mass is 16.6. The molecule has 0 spiro atoms. The summed E-state index contributed by atoms with van der Waals surface area (Å²) in [6, 6.07) is 9.51. The highest BCUT2D eigenvalue weighted by Crippen LogP contribution is 2.73. The van der Waals surface area contributed by atoms with Crippen LogP contribution < -0.4 is 0 Å². The molecular formula is C42H68O9. The molecule has 1 heterocycles. The molecule has 9 nitrogen and oxygen atoms in total. The van der Waals surface area contributed by atoms with Crippen molar-refractivity contribution in [2.24, 2.45) is 48.7 Å². The summed E-state index contributed by atoms with van der Waals surface area (Å²) in [5.74, 6) is -2.10. The van der Waals surface area contributed by atoms with Crippen molar-refractivity contribution in [3.8, 4) is 0 Å². The van der Waals surface area contributed by atoms with Crippen molar-refractivity contribution in [2.45, 2.75) is 137 Å². The summed E-state index contributed by atoms with van der Waals surface area (Å²) in [5.41, 5.74) is -8.63. The fraction of sp³-hybridized carbons (Fsp3) is 0.762.